The largest absolute Gasteiger partial charge is 0.495 e. The van der Waals surface area contributed by atoms with E-state index in [2.05, 4.69) is 4.90 Å². The summed E-state index contributed by atoms with van der Waals surface area (Å²) in [5.41, 5.74) is 2.59. The van der Waals surface area contributed by atoms with Gasteiger partial charge in [-0.3, -0.25) is 4.90 Å². The van der Waals surface area contributed by atoms with Gasteiger partial charge in [0.1, 0.15) is 16.5 Å². The molecule has 0 radical (unpaired) electrons. The number of sulfone groups is 2. The average molecular weight is 497 g/mol. The summed E-state index contributed by atoms with van der Waals surface area (Å²) < 4.78 is 71.2. The van der Waals surface area contributed by atoms with E-state index in [1.807, 2.05) is 18.7 Å². The number of benzene rings is 2. The number of methoxy groups -OCH3 is 1. The third-order valence-corrected chi connectivity index (χ3v) is 10.9. The fourth-order valence-corrected chi connectivity index (χ4v) is 9.76. The molecule has 2 aliphatic rings. The van der Waals surface area contributed by atoms with E-state index in [-0.39, 0.29) is 22.2 Å². The molecule has 10 heteroatoms. The summed E-state index contributed by atoms with van der Waals surface area (Å²) in [5.74, 6) is -0.639. The Morgan fingerprint density at radius 2 is 1.58 bits per heavy atom. The Balaban J connectivity index is 1.60. The van der Waals surface area contributed by atoms with Gasteiger partial charge in [-0.25, -0.2) is 21.2 Å². The first-order valence-electron chi connectivity index (χ1n) is 10.9. The standard InChI is InChI=1S/C23H29FN2O5S2/c1-16-12-21(31-3)22(13-17(16)2)33(29,30)23-15-32(27,28)14-20(23)26-10-8-25(9-11-26)19-6-4-18(24)5-7-19/h4-7,12-13,20,23H,8-11,14-15H2,1-3H3/t20-,23-/m0/s1. The van der Waals surface area contributed by atoms with Crippen LogP contribution in [0.15, 0.2) is 41.3 Å². The Kier molecular flexibility index (Phi) is 6.45. The lowest BCUT2D eigenvalue weighted by atomic mass is 10.1. The Hall–Kier alpha value is -2.17. The van der Waals surface area contributed by atoms with Crippen LogP contribution in [-0.2, 0) is 19.7 Å². The molecule has 2 saturated heterocycles. The van der Waals surface area contributed by atoms with Crippen molar-refractivity contribution in [2.45, 2.75) is 30.0 Å². The van der Waals surface area contributed by atoms with Crippen molar-refractivity contribution < 1.29 is 26.0 Å². The molecule has 2 aliphatic heterocycles. The van der Waals surface area contributed by atoms with E-state index in [4.69, 9.17) is 4.74 Å². The zero-order chi connectivity index (χ0) is 24.0. The summed E-state index contributed by atoms with van der Waals surface area (Å²) in [5, 5.41) is -1.06. The number of rotatable bonds is 5. The molecule has 2 aromatic rings. The van der Waals surface area contributed by atoms with Gasteiger partial charge in [0, 0.05) is 37.9 Å². The monoisotopic (exact) mass is 496 g/mol. The summed E-state index contributed by atoms with van der Waals surface area (Å²) in [4.78, 5) is 4.11. The molecule has 0 saturated carbocycles. The Labute approximate surface area is 195 Å². The third kappa shape index (κ3) is 4.74. The van der Waals surface area contributed by atoms with Gasteiger partial charge in [0.15, 0.2) is 19.7 Å². The van der Waals surface area contributed by atoms with Crippen molar-refractivity contribution in [2.75, 3.05) is 49.7 Å². The first-order chi connectivity index (χ1) is 15.5. The predicted octanol–water partition coefficient (Wildman–Crippen LogP) is 2.21. The van der Waals surface area contributed by atoms with Gasteiger partial charge in [-0.2, -0.15) is 0 Å². The van der Waals surface area contributed by atoms with E-state index >= 15 is 0 Å². The van der Waals surface area contributed by atoms with E-state index in [9.17, 15) is 21.2 Å². The van der Waals surface area contributed by atoms with Gasteiger partial charge in [-0.05, 0) is 61.4 Å². The molecule has 0 N–H and O–H groups in total. The molecule has 2 heterocycles. The summed E-state index contributed by atoms with van der Waals surface area (Å²) in [6.45, 7) is 5.94. The molecule has 2 atom stereocenters. The zero-order valence-corrected chi connectivity index (χ0v) is 20.6. The highest BCUT2D eigenvalue weighted by molar-refractivity contribution is 7.96. The van der Waals surface area contributed by atoms with Crippen molar-refractivity contribution in [3.05, 3.63) is 53.3 Å². The van der Waals surface area contributed by atoms with Crippen molar-refractivity contribution in [1.82, 2.24) is 4.90 Å². The Morgan fingerprint density at radius 1 is 0.970 bits per heavy atom. The fraction of sp³-hybridized carbons (Fsp3) is 0.478. The molecule has 0 spiro atoms. The minimum Gasteiger partial charge on any atom is -0.495 e. The lowest BCUT2D eigenvalue weighted by molar-refractivity contribution is 0.201. The van der Waals surface area contributed by atoms with Crippen molar-refractivity contribution in [3.8, 4) is 5.75 Å². The number of ether oxygens (including phenoxy) is 1. The van der Waals surface area contributed by atoms with Crippen molar-refractivity contribution in [2.24, 2.45) is 0 Å². The SMILES string of the molecule is COc1cc(C)c(C)cc1S(=O)(=O)[C@H]1CS(=O)(=O)C[C@@H]1N1CCN(c2ccc(F)cc2)CC1. The van der Waals surface area contributed by atoms with Crippen LogP contribution in [0.4, 0.5) is 10.1 Å². The van der Waals surface area contributed by atoms with Crippen LogP contribution in [0.2, 0.25) is 0 Å². The first-order valence-corrected chi connectivity index (χ1v) is 14.2. The Bertz CT molecular complexity index is 1240. The van der Waals surface area contributed by atoms with E-state index in [1.165, 1.54) is 19.2 Å². The van der Waals surface area contributed by atoms with Crippen LogP contribution < -0.4 is 9.64 Å². The minimum absolute atomic E-state index is 0.0464. The fourth-order valence-electron chi connectivity index (χ4n) is 4.71. The van der Waals surface area contributed by atoms with Gasteiger partial charge in [0.25, 0.3) is 0 Å². The molecule has 0 aromatic heterocycles. The first kappa shape index (κ1) is 24.0. The Morgan fingerprint density at radius 3 is 2.18 bits per heavy atom. The van der Waals surface area contributed by atoms with E-state index < -0.39 is 36.7 Å². The highest BCUT2D eigenvalue weighted by Crippen LogP contribution is 2.35. The number of aryl methyl sites for hydroxylation is 2. The van der Waals surface area contributed by atoms with Gasteiger partial charge >= 0.3 is 0 Å². The molecule has 0 amide bonds. The van der Waals surface area contributed by atoms with E-state index in [1.54, 1.807) is 24.3 Å². The van der Waals surface area contributed by atoms with Crippen LogP contribution in [0.1, 0.15) is 11.1 Å². The van der Waals surface area contributed by atoms with Crippen LogP contribution in [0.5, 0.6) is 5.75 Å². The topological polar surface area (TPSA) is 84.0 Å². The maximum Gasteiger partial charge on any atom is 0.187 e. The van der Waals surface area contributed by atoms with Crippen molar-refractivity contribution >= 4 is 25.4 Å². The van der Waals surface area contributed by atoms with Crippen LogP contribution in [0.25, 0.3) is 0 Å². The maximum absolute atomic E-state index is 13.7. The number of hydrogen-bond donors (Lipinski definition) is 0. The maximum atomic E-state index is 13.7. The molecule has 0 unspecified atom stereocenters. The molecule has 2 aromatic carbocycles. The number of anilines is 1. The smallest absolute Gasteiger partial charge is 0.187 e. The molecule has 33 heavy (non-hydrogen) atoms. The number of hydrogen-bond acceptors (Lipinski definition) is 7. The van der Waals surface area contributed by atoms with Crippen LogP contribution >= 0.6 is 0 Å². The molecule has 0 bridgehead atoms. The molecule has 0 aliphatic carbocycles. The molecule has 2 fully saturated rings. The number of nitrogens with zero attached hydrogens (tertiary/aromatic N) is 2. The van der Waals surface area contributed by atoms with Crippen molar-refractivity contribution in [3.63, 3.8) is 0 Å². The van der Waals surface area contributed by atoms with Crippen LogP contribution in [-0.4, -0.2) is 77.8 Å². The zero-order valence-electron chi connectivity index (χ0n) is 19.0. The van der Waals surface area contributed by atoms with Gasteiger partial charge in [-0.1, -0.05) is 0 Å². The lowest BCUT2D eigenvalue weighted by Crippen LogP contribution is -2.55. The van der Waals surface area contributed by atoms with E-state index in [0.29, 0.717) is 26.2 Å². The quantitative estimate of drug-likeness (QED) is 0.628. The second-order valence-electron chi connectivity index (χ2n) is 8.81. The molecular formula is C23H29FN2O5S2. The molecule has 7 nitrogen and oxygen atoms in total. The number of piperazine rings is 1. The number of halogens is 1. The lowest BCUT2D eigenvalue weighted by Gasteiger charge is -2.40. The highest BCUT2D eigenvalue weighted by atomic mass is 32.2. The van der Waals surface area contributed by atoms with Crippen molar-refractivity contribution in [1.29, 1.82) is 0 Å². The molecule has 4 rings (SSSR count). The normalized spacial score (nSPS) is 23.6. The van der Waals surface area contributed by atoms with Crippen LogP contribution in [0.3, 0.4) is 0 Å². The highest BCUT2D eigenvalue weighted by Gasteiger charge is 2.49. The molecular weight excluding hydrogens is 467 g/mol. The average Bonchev–Trinajstić information content (AvgIpc) is 3.12. The minimum atomic E-state index is -3.96. The summed E-state index contributed by atoms with van der Waals surface area (Å²) >= 11 is 0. The second-order valence-corrected chi connectivity index (χ2v) is 13.1. The predicted molar refractivity (Wildman–Crippen MR) is 126 cm³/mol. The second kappa shape index (κ2) is 8.88. The van der Waals surface area contributed by atoms with Crippen LogP contribution in [0, 0.1) is 19.7 Å². The van der Waals surface area contributed by atoms with Gasteiger partial charge in [0.2, 0.25) is 0 Å². The summed E-state index contributed by atoms with van der Waals surface area (Å²) in [6.07, 6.45) is 0. The van der Waals surface area contributed by atoms with E-state index in [0.717, 1.165) is 16.8 Å². The van der Waals surface area contributed by atoms with Gasteiger partial charge in [-0.15, -0.1) is 0 Å². The third-order valence-electron chi connectivity index (χ3n) is 6.73. The molecule has 180 valence electrons. The summed E-state index contributed by atoms with van der Waals surface area (Å²) in [6, 6.07) is 8.88. The summed E-state index contributed by atoms with van der Waals surface area (Å²) in [7, 11) is -6.05. The van der Waals surface area contributed by atoms with Gasteiger partial charge < -0.3 is 9.64 Å². The van der Waals surface area contributed by atoms with Gasteiger partial charge in [0.05, 0.1) is 23.9 Å².